The van der Waals surface area contributed by atoms with Crippen LogP contribution >= 0.6 is 11.3 Å². The predicted octanol–water partition coefficient (Wildman–Crippen LogP) is 1.68. The molecule has 1 saturated heterocycles. The maximum absolute atomic E-state index is 12.6. The van der Waals surface area contributed by atoms with Gasteiger partial charge in [0.15, 0.2) is 5.69 Å². The number of rotatable bonds is 5. The SMILES string of the molecule is O=C(NCC(c1cccs1)N1CCCC1)c1n[nH]c2c1CNCC2. The van der Waals surface area contributed by atoms with E-state index in [9.17, 15) is 4.79 Å². The second kappa shape index (κ2) is 7.04. The standard InChI is InChI=1S/C17H23N5OS/c23-17(16-12-10-18-6-5-13(12)20-21-16)19-11-14(15-4-3-9-24-15)22-7-1-2-8-22/h3-4,9,14,18H,1-2,5-8,10-11H2,(H,19,23)(H,20,21). The predicted molar refractivity (Wildman–Crippen MR) is 94.2 cm³/mol. The van der Waals surface area contributed by atoms with Crippen molar-refractivity contribution in [2.24, 2.45) is 0 Å². The van der Waals surface area contributed by atoms with Crippen molar-refractivity contribution in [3.8, 4) is 0 Å². The molecule has 0 bridgehead atoms. The van der Waals surface area contributed by atoms with E-state index < -0.39 is 0 Å². The van der Waals surface area contributed by atoms with E-state index in [2.05, 4.69) is 43.2 Å². The van der Waals surface area contributed by atoms with Crippen LogP contribution in [0.4, 0.5) is 0 Å². The summed E-state index contributed by atoms with van der Waals surface area (Å²) in [7, 11) is 0. The summed E-state index contributed by atoms with van der Waals surface area (Å²) in [6, 6.07) is 4.52. The molecule has 2 aromatic rings. The van der Waals surface area contributed by atoms with Gasteiger partial charge in [-0.3, -0.25) is 14.8 Å². The number of nitrogens with zero attached hydrogens (tertiary/aromatic N) is 2. The summed E-state index contributed by atoms with van der Waals surface area (Å²) in [6.07, 6.45) is 3.39. The van der Waals surface area contributed by atoms with Gasteiger partial charge in [-0.2, -0.15) is 5.10 Å². The largest absolute Gasteiger partial charge is 0.349 e. The molecule has 6 nitrogen and oxygen atoms in total. The van der Waals surface area contributed by atoms with Crippen molar-refractivity contribution in [3.63, 3.8) is 0 Å². The molecular formula is C17H23N5OS. The van der Waals surface area contributed by atoms with Crippen molar-refractivity contribution in [2.75, 3.05) is 26.2 Å². The number of nitrogens with one attached hydrogen (secondary N) is 3. The Morgan fingerprint density at radius 1 is 1.42 bits per heavy atom. The van der Waals surface area contributed by atoms with Gasteiger partial charge in [-0.15, -0.1) is 11.3 Å². The van der Waals surface area contributed by atoms with Crippen LogP contribution in [0.15, 0.2) is 17.5 Å². The number of aromatic nitrogens is 2. The lowest BCUT2D eigenvalue weighted by Crippen LogP contribution is -2.37. The van der Waals surface area contributed by atoms with Gasteiger partial charge in [-0.05, 0) is 37.4 Å². The molecule has 24 heavy (non-hydrogen) atoms. The number of hydrogen-bond acceptors (Lipinski definition) is 5. The molecule has 2 aromatic heterocycles. The number of carbonyl (C=O) groups excluding carboxylic acids is 1. The van der Waals surface area contributed by atoms with E-state index in [0.29, 0.717) is 12.2 Å². The van der Waals surface area contributed by atoms with E-state index in [0.717, 1.165) is 43.9 Å². The molecule has 2 aliphatic rings. The maximum atomic E-state index is 12.6. The first kappa shape index (κ1) is 15.8. The highest BCUT2D eigenvalue weighted by Crippen LogP contribution is 2.28. The van der Waals surface area contributed by atoms with Crippen molar-refractivity contribution in [3.05, 3.63) is 39.3 Å². The van der Waals surface area contributed by atoms with E-state index in [1.807, 2.05) is 0 Å². The molecule has 1 amide bonds. The highest BCUT2D eigenvalue weighted by atomic mass is 32.1. The van der Waals surface area contributed by atoms with Crippen LogP contribution < -0.4 is 10.6 Å². The number of H-pyrrole nitrogens is 1. The topological polar surface area (TPSA) is 73.0 Å². The Morgan fingerprint density at radius 3 is 3.08 bits per heavy atom. The minimum atomic E-state index is -0.0723. The fourth-order valence-corrected chi connectivity index (χ4v) is 4.49. The van der Waals surface area contributed by atoms with Gasteiger partial charge in [0.25, 0.3) is 5.91 Å². The molecule has 7 heteroatoms. The molecule has 0 aromatic carbocycles. The zero-order valence-corrected chi connectivity index (χ0v) is 14.5. The van der Waals surface area contributed by atoms with E-state index >= 15 is 0 Å². The van der Waals surface area contributed by atoms with E-state index in [-0.39, 0.29) is 11.9 Å². The van der Waals surface area contributed by atoms with Gasteiger partial charge in [0, 0.05) is 42.2 Å². The van der Waals surface area contributed by atoms with Crippen LogP contribution in [0.3, 0.4) is 0 Å². The molecule has 128 valence electrons. The number of thiophene rings is 1. The lowest BCUT2D eigenvalue weighted by molar-refractivity contribution is 0.0932. The molecule has 0 saturated carbocycles. The summed E-state index contributed by atoms with van der Waals surface area (Å²) in [6.45, 7) is 4.51. The van der Waals surface area contributed by atoms with Gasteiger partial charge in [0.1, 0.15) is 0 Å². The van der Waals surface area contributed by atoms with Gasteiger partial charge in [-0.25, -0.2) is 0 Å². The molecular weight excluding hydrogens is 322 g/mol. The number of amides is 1. The maximum Gasteiger partial charge on any atom is 0.272 e. The van der Waals surface area contributed by atoms with Crippen LogP contribution in [-0.4, -0.2) is 47.2 Å². The molecule has 0 aliphatic carbocycles. The van der Waals surface area contributed by atoms with Crippen LogP contribution in [-0.2, 0) is 13.0 Å². The average molecular weight is 345 g/mol. The third-order valence-corrected chi connectivity index (χ3v) is 5.90. The summed E-state index contributed by atoms with van der Waals surface area (Å²) in [4.78, 5) is 16.4. The second-order valence-corrected chi connectivity index (χ2v) is 7.42. The quantitative estimate of drug-likeness (QED) is 0.771. The lowest BCUT2D eigenvalue weighted by atomic mass is 10.1. The Morgan fingerprint density at radius 2 is 2.29 bits per heavy atom. The second-order valence-electron chi connectivity index (χ2n) is 6.44. The van der Waals surface area contributed by atoms with Crippen LogP contribution in [0.25, 0.3) is 0 Å². The Kier molecular flexibility index (Phi) is 4.64. The first-order chi connectivity index (χ1) is 11.8. The van der Waals surface area contributed by atoms with Crippen LogP contribution in [0.5, 0.6) is 0 Å². The van der Waals surface area contributed by atoms with Crippen LogP contribution in [0.1, 0.15) is 45.5 Å². The molecule has 1 unspecified atom stereocenters. The normalized spacial score (nSPS) is 19.2. The van der Waals surface area contributed by atoms with Crippen molar-refractivity contribution in [1.29, 1.82) is 0 Å². The number of fused-ring (bicyclic) bond motifs is 1. The van der Waals surface area contributed by atoms with E-state index in [1.54, 1.807) is 11.3 Å². The highest BCUT2D eigenvalue weighted by molar-refractivity contribution is 7.10. The molecule has 3 N–H and O–H groups in total. The molecule has 0 radical (unpaired) electrons. The fourth-order valence-electron chi connectivity index (χ4n) is 3.63. The lowest BCUT2D eigenvalue weighted by Gasteiger charge is -2.26. The van der Waals surface area contributed by atoms with Gasteiger partial charge in [0.2, 0.25) is 0 Å². The summed E-state index contributed by atoms with van der Waals surface area (Å²) < 4.78 is 0. The minimum Gasteiger partial charge on any atom is -0.349 e. The summed E-state index contributed by atoms with van der Waals surface area (Å²) in [5, 5.41) is 15.8. The van der Waals surface area contributed by atoms with E-state index in [1.165, 1.54) is 17.7 Å². The van der Waals surface area contributed by atoms with Crippen molar-refractivity contribution in [1.82, 2.24) is 25.7 Å². The molecule has 4 rings (SSSR count). The number of hydrogen-bond donors (Lipinski definition) is 3. The first-order valence-electron chi connectivity index (χ1n) is 8.65. The smallest absolute Gasteiger partial charge is 0.272 e. The molecule has 1 fully saturated rings. The Hall–Kier alpha value is -1.70. The first-order valence-corrected chi connectivity index (χ1v) is 9.53. The summed E-state index contributed by atoms with van der Waals surface area (Å²) in [5.74, 6) is -0.0723. The van der Waals surface area contributed by atoms with Crippen molar-refractivity contribution < 1.29 is 4.79 Å². The molecule has 1 atom stereocenters. The minimum absolute atomic E-state index is 0.0723. The monoisotopic (exact) mass is 345 g/mol. The van der Waals surface area contributed by atoms with E-state index in [4.69, 9.17) is 0 Å². The highest BCUT2D eigenvalue weighted by Gasteiger charge is 2.26. The van der Waals surface area contributed by atoms with Crippen molar-refractivity contribution in [2.45, 2.75) is 31.8 Å². The third kappa shape index (κ3) is 3.11. The van der Waals surface area contributed by atoms with Gasteiger partial charge >= 0.3 is 0 Å². The summed E-state index contributed by atoms with van der Waals surface area (Å²) in [5.41, 5.74) is 2.66. The Balaban J connectivity index is 1.46. The van der Waals surface area contributed by atoms with Crippen molar-refractivity contribution >= 4 is 17.2 Å². The third-order valence-electron chi connectivity index (χ3n) is 4.93. The number of likely N-dealkylation sites (tertiary alicyclic amines) is 1. The van der Waals surface area contributed by atoms with Crippen LogP contribution in [0.2, 0.25) is 0 Å². The molecule has 0 spiro atoms. The zero-order chi connectivity index (χ0) is 16.4. The molecule has 4 heterocycles. The van der Waals surface area contributed by atoms with Gasteiger partial charge in [0.05, 0.1) is 6.04 Å². The number of aromatic amines is 1. The molecule has 2 aliphatic heterocycles. The fraction of sp³-hybridized carbons (Fsp3) is 0.529. The van der Waals surface area contributed by atoms with Crippen LogP contribution in [0, 0.1) is 0 Å². The van der Waals surface area contributed by atoms with Gasteiger partial charge < -0.3 is 10.6 Å². The Labute approximate surface area is 145 Å². The average Bonchev–Trinajstić information content (AvgIpc) is 3.36. The Bertz CT molecular complexity index is 690. The van der Waals surface area contributed by atoms with Gasteiger partial charge in [-0.1, -0.05) is 6.07 Å². The zero-order valence-electron chi connectivity index (χ0n) is 13.7. The summed E-state index contributed by atoms with van der Waals surface area (Å²) >= 11 is 1.77. The number of carbonyl (C=O) groups is 1.